The fourth-order valence-corrected chi connectivity index (χ4v) is 7.17. The van der Waals surface area contributed by atoms with Crippen molar-refractivity contribution < 1.29 is 14.7 Å². The SMILES string of the molecule is CC(C)[C@@H](C(=O)N1CCC[C@H]1c1ncc(-c2ccc(-c3ccc4cc(-c5cnc([C@@H]6CCCN6)[nH]5)ccc4c3)cc2)[nH]1)N(C)C(=O)O. The largest absolute Gasteiger partial charge is 0.465 e. The predicted molar refractivity (Wildman–Crippen MR) is 183 cm³/mol. The Labute approximate surface area is 274 Å². The van der Waals surface area contributed by atoms with E-state index in [1.807, 2.05) is 26.2 Å². The number of hydrogen-bond donors (Lipinski definition) is 4. The Morgan fingerprint density at radius 1 is 0.830 bits per heavy atom. The van der Waals surface area contributed by atoms with Crippen LogP contribution >= 0.6 is 0 Å². The molecule has 10 heteroatoms. The highest BCUT2D eigenvalue weighted by Gasteiger charge is 2.39. The number of benzene rings is 3. The molecule has 0 spiro atoms. The fraction of sp³-hybridized carbons (Fsp3) is 0.351. The van der Waals surface area contributed by atoms with Gasteiger partial charge in [-0.25, -0.2) is 14.8 Å². The van der Waals surface area contributed by atoms with Crippen molar-refractivity contribution in [2.45, 2.75) is 57.7 Å². The van der Waals surface area contributed by atoms with E-state index < -0.39 is 12.1 Å². The molecule has 7 rings (SSSR count). The molecule has 0 unspecified atom stereocenters. The molecular weight excluding hydrogens is 590 g/mol. The second kappa shape index (κ2) is 12.7. The van der Waals surface area contributed by atoms with Gasteiger partial charge in [-0.3, -0.25) is 9.69 Å². The molecule has 2 aromatic heterocycles. The molecule has 0 bridgehead atoms. The van der Waals surface area contributed by atoms with Crippen molar-refractivity contribution in [2.75, 3.05) is 20.1 Å². The molecule has 3 aromatic carbocycles. The smallest absolute Gasteiger partial charge is 0.407 e. The lowest BCUT2D eigenvalue weighted by Gasteiger charge is -2.33. The Hall–Kier alpha value is -4.96. The summed E-state index contributed by atoms with van der Waals surface area (Å²) in [5, 5.41) is 15.4. The minimum atomic E-state index is -1.11. The third kappa shape index (κ3) is 6.01. The van der Waals surface area contributed by atoms with Crippen molar-refractivity contribution >= 4 is 22.8 Å². The molecule has 10 nitrogen and oxygen atoms in total. The maximum atomic E-state index is 13.5. The number of rotatable bonds is 8. The lowest BCUT2D eigenvalue weighted by Crippen LogP contribution is -2.51. The van der Waals surface area contributed by atoms with Crippen molar-refractivity contribution in [1.29, 1.82) is 0 Å². The Balaban J connectivity index is 1.06. The lowest BCUT2D eigenvalue weighted by atomic mass is 9.98. The normalized spacial score (nSPS) is 18.7. The molecule has 2 aliphatic heterocycles. The Morgan fingerprint density at radius 2 is 1.45 bits per heavy atom. The summed E-state index contributed by atoms with van der Waals surface area (Å²) < 4.78 is 0. The lowest BCUT2D eigenvalue weighted by molar-refractivity contribution is -0.138. The summed E-state index contributed by atoms with van der Waals surface area (Å²) in [6, 6.07) is 20.9. The van der Waals surface area contributed by atoms with Crippen molar-refractivity contribution in [3.8, 4) is 33.6 Å². The maximum Gasteiger partial charge on any atom is 0.407 e. The molecule has 0 saturated carbocycles. The third-order valence-electron chi connectivity index (χ3n) is 9.72. The van der Waals surface area contributed by atoms with E-state index in [1.165, 1.54) is 24.2 Å². The number of aromatic nitrogens is 4. The number of nitrogens with zero attached hydrogens (tertiary/aromatic N) is 4. The third-order valence-corrected chi connectivity index (χ3v) is 9.72. The number of carboxylic acid groups (broad SMARTS) is 1. The zero-order chi connectivity index (χ0) is 32.7. The van der Waals surface area contributed by atoms with E-state index >= 15 is 0 Å². The molecule has 47 heavy (non-hydrogen) atoms. The van der Waals surface area contributed by atoms with E-state index in [0.29, 0.717) is 12.6 Å². The van der Waals surface area contributed by atoms with Crippen molar-refractivity contribution in [3.05, 3.63) is 84.7 Å². The highest BCUT2D eigenvalue weighted by Crippen LogP contribution is 2.34. The van der Waals surface area contributed by atoms with Gasteiger partial charge in [0.2, 0.25) is 5.91 Å². The molecule has 2 amide bonds. The van der Waals surface area contributed by atoms with Crippen LogP contribution in [0.25, 0.3) is 44.4 Å². The molecule has 2 saturated heterocycles. The summed E-state index contributed by atoms with van der Waals surface area (Å²) in [6.45, 7) is 5.38. The standard InChI is InChI=1S/C37H41N7O3/c1-22(2)33(43(3)37(46)47)36(45)44-17-5-7-32(44)35-40-20-30(42-35)24-10-8-23(9-11-24)25-12-13-27-19-28(15-14-26(27)18-25)31-21-39-34(41-31)29-6-4-16-38-29/h8-15,18-22,29,32-33,38H,4-7,16-17H2,1-3H3,(H,39,41)(H,40,42)(H,46,47)/t29-,32-,33-/m0/s1. The van der Waals surface area contributed by atoms with Crippen LogP contribution < -0.4 is 5.32 Å². The van der Waals surface area contributed by atoms with Crippen LogP contribution in [-0.2, 0) is 4.79 Å². The van der Waals surface area contributed by atoms with E-state index in [4.69, 9.17) is 0 Å². The van der Waals surface area contributed by atoms with Gasteiger partial charge >= 0.3 is 6.09 Å². The minimum Gasteiger partial charge on any atom is -0.465 e. The van der Waals surface area contributed by atoms with Gasteiger partial charge in [-0.15, -0.1) is 0 Å². The zero-order valence-corrected chi connectivity index (χ0v) is 27.0. The van der Waals surface area contributed by atoms with Crippen molar-refractivity contribution in [1.82, 2.24) is 35.1 Å². The average Bonchev–Trinajstić information content (AvgIpc) is 3.91. The molecule has 0 aliphatic carbocycles. The van der Waals surface area contributed by atoms with Crippen LogP contribution in [0.15, 0.2) is 73.1 Å². The van der Waals surface area contributed by atoms with Crippen LogP contribution in [-0.4, -0.2) is 73.0 Å². The number of carbonyl (C=O) groups excluding carboxylic acids is 1. The second-order valence-corrected chi connectivity index (χ2v) is 13.1. The number of nitrogens with one attached hydrogen (secondary N) is 3. The predicted octanol–water partition coefficient (Wildman–Crippen LogP) is 7.01. The Bertz CT molecular complexity index is 1900. The monoisotopic (exact) mass is 631 g/mol. The second-order valence-electron chi connectivity index (χ2n) is 13.1. The molecule has 2 aliphatic rings. The van der Waals surface area contributed by atoms with Gasteiger partial charge in [-0.05, 0) is 77.7 Å². The molecule has 4 N–H and O–H groups in total. The summed E-state index contributed by atoms with van der Waals surface area (Å²) >= 11 is 0. The van der Waals surface area contributed by atoms with E-state index in [0.717, 1.165) is 76.0 Å². The topological polar surface area (TPSA) is 130 Å². The maximum absolute atomic E-state index is 13.5. The minimum absolute atomic E-state index is 0.148. The van der Waals surface area contributed by atoms with Crippen molar-refractivity contribution in [2.24, 2.45) is 5.92 Å². The van der Waals surface area contributed by atoms with Crippen molar-refractivity contribution in [3.63, 3.8) is 0 Å². The molecule has 4 heterocycles. The Kier molecular flexibility index (Phi) is 8.28. The number of imidazole rings is 2. The van der Waals surface area contributed by atoms with Gasteiger partial charge in [0.15, 0.2) is 0 Å². The number of hydrogen-bond acceptors (Lipinski definition) is 5. The summed E-state index contributed by atoms with van der Waals surface area (Å²) in [4.78, 5) is 44.4. The first-order chi connectivity index (χ1) is 22.8. The summed E-state index contributed by atoms with van der Waals surface area (Å²) in [7, 11) is 1.46. The highest BCUT2D eigenvalue weighted by atomic mass is 16.4. The van der Waals surface area contributed by atoms with Gasteiger partial charge in [-0.2, -0.15) is 0 Å². The van der Waals surface area contributed by atoms with Gasteiger partial charge in [0.1, 0.15) is 17.7 Å². The highest BCUT2D eigenvalue weighted by molar-refractivity contribution is 5.90. The Morgan fingerprint density at radius 3 is 2.13 bits per heavy atom. The van der Waals surface area contributed by atoms with Gasteiger partial charge < -0.3 is 25.3 Å². The molecule has 242 valence electrons. The van der Waals surface area contributed by atoms with Crippen LogP contribution in [0.4, 0.5) is 4.79 Å². The van der Waals surface area contributed by atoms with Crippen LogP contribution in [0.2, 0.25) is 0 Å². The quantitative estimate of drug-likeness (QED) is 0.146. The first kappa shape index (κ1) is 30.7. The van der Waals surface area contributed by atoms with Gasteiger partial charge in [0.05, 0.1) is 35.9 Å². The molecule has 0 radical (unpaired) electrons. The number of H-pyrrole nitrogens is 2. The number of likely N-dealkylation sites (tertiary alicyclic amines) is 1. The van der Waals surface area contributed by atoms with Crippen LogP contribution in [0, 0.1) is 5.92 Å². The van der Waals surface area contributed by atoms with Gasteiger partial charge in [0.25, 0.3) is 0 Å². The zero-order valence-electron chi connectivity index (χ0n) is 27.0. The number of fused-ring (bicyclic) bond motifs is 1. The molecule has 2 fully saturated rings. The molecular formula is C37H41N7O3. The summed E-state index contributed by atoms with van der Waals surface area (Å²) in [5.41, 5.74) is 6.32. The van der Waals surface area contributed by atoms with E-state index in [9.17, 15) is 14.7 Å². The van der Waals surface area contributed by atoms with E-state index in [-0.39, 0.29) is 17.9 Å². The first-order valence-electron chi connectivity index (χ1n) is 16.5. The van der Waals surface area contributed by atoms with Crippen LogP contribution in [0.3, 0.4) is 0 Å². The number of likely N-dealkylation sites (N-methyl/N-ethyl adjacent to an activating group) is 1. The van der Waals surface area contributed by atoms with Crippen LogP contribution in [0.1, 0.15) is 63.3 Å². The van der Waals surface area contributed by atoms with E-state index in [2.05, 4.69) is 85.9 Å². The average molecular weight is 632 g/mol. The van der Waals surface area contributed by atoms with E-state index in [1.54, 1.807) is 4.90 Å². The number of carbonyl (C=O) groups is 2. The van der Waals surface area contributed by atoms with Gasteiger partial charge in [-0.1, -0.05) is 62.4 Å². The summed E-state index contributed by atoms with van der Waals surface area (Å²) in [6.07, 6.45) is 6.57. The first-order valence-corrected chi connectivity index (χ1v) is 16.5. The molecule has 5 aromatic rings. The fourth-order valence-electron chi connectivity index (χ4n) is 7.17. The molecule has 3 atom stereocenters. The van der Waals surface area contributed by atoms with Crippen LogP contribution in [0.5, 0.6) is 0 Å². The number of aromatic amines is 2. The number of amides is 2. The van der Waals surface area contributed by atoms with Gasteiger partial charge in [0, 0.05) is 19.2 Å². The summed E-state index contributed by atoms with van der Waals surface area (Å²) in [5.74, 6) is 1.42.